The average Bonchev–Trinajstić information content (AvgIpc) is 3.55. The summed E-state index contributed by atoms with van der Waals surface area (Å²) < 4.78 is 42.4. The number of amides is 3. The number of nitro benzene ring substituents is 1. The minimum Gasteiger partial charge on any atom is -0.406 e. The molecular formula is C26H18F3N7O5S. The van der Waals surface area contributed by atoms with Gasteiger partial charge in [0.1, 0.15) is 17.8 Å². The molecule has 16 heteroatoms. The van der Waals surface area contributed by atoms with Gasteiger partial charge in [0.05, 0.1) is 16.4 Å². The molecule has 0 radical (unpaired) electrons. The Morgan fingerprint density at radius 3 is 2.50 bits per heavy atom. The van der Waals surface area contributed by atoms with Crippen LogP contribution in [0.1, 0.15) is 5.56 Å². The fourth-order valence-corrected chi connectivity index (χ4v) is 4.77. The van der Waals surface area contributed by atoms with E-state index in [1.165, 1.54) is 35.3 Å². The number of hydrogen-bond donors (Lipinski definition) is 1. The topological polar surface area (TPSA) is 145 Å². The lowest BCUT2D eigenvalue weighted by atomic mass is 10.2. The van der Waals surface area contributed by atoms with Gasteiger partial charge in [-0.2, -0.15) is 4.99 Å². The number of aryl methyl sites for hydroxylation is 1. The second kappa shape index (κ2) is 11.3. The van der Waals surface area contributed by atoms with Crippen molar-refractivity contribution in [1.82, 2.24) is 14.8 Å². The van der Waals surface area contributed by atoms with Crippen LogP contribution in [0.5, 0.6) is 5.75 Å². The molecule has 0 unspecified atom stereocenters. The van der Waals surface area contributed by atoms with Crippen LogP contribution in [-0.4, -0.2) is 48.9 Å². The lowest BCUT2D eigenvalue weighted by molar-refractivity contribution is -0.384. The lowest BCUT2D eigenvalue weighted by Crippen LogP contribution is -2.31. The summed E-state index contributed by atoms with van der Waals surface area (Å²) in [5.74, 6) is -0.518. The smallest absolute Gasteiger partial charge is 0.406 e. The molecule has 1 fully saturated rings. The van der Waals surface area contributed by atoms with E-state index < -0.39 is 23.2 Å². The molecule has 3 amide bonds. The minimum absolute atomic E-state index is 0.00978. The Labute approximate surface area is 239 Å². The molecule has 42 heavy (non-hydrogen) atoms. The number of halogens is 3. The van der Waals surface area contributed by atoms with Gasteiger partial charge in [0.15, 0.2) is 11.0 Å². The average molecular weight is 598 g/mol. The number of hydrogen-bond acceptors (Lipinski definition) is 8. The molecule has 0 aliphatic carbocycles. The van der Waals surface area contributed by atoms with E-state index in [0.29, 0.717) is 28.3 Å². The van der Waals surface area contributed by atoms with E-state index in [1.54, 1.807) is 37.3 Å². The molecule has 2 heterocycles. The number of nitrogens with one attached hydrogen (secondary N) is 1. The van der Waals surface area contributed by atoms with Crippen LogP contribution in [-0.2, 0) is 4.79 Å². The number of thioether (sulfide) groups is 1. The first-order valence-electron chi connectivity index (χ1n) is 12.0. The number of anilines is 2. The fourth-order valence-electron chi connectivity index (χ4n) is 3.91. The molecular weight excluding hydrogens is 579 g/mol. The van der Waals surface area contributed by atoms with Crippen LogP contribution >= 0.6 is 11.8 Å². The Kier molecular flexibility index (Phi) is 7.62. The Morgan fingerprint density at radius 1 is 1.12 bits per heavy atom. The molecule has 0 bridgehead atoms. The van der Waals surface area contributed by atoms with E-state index in [0.717, 1.165) is 28.8 Å². The Hall–Kier alpha value is -5.25. The highest BCUT2D eigenvalue weighted by Gasteiger charge is 2.35. The summed E-state index contributed by atoms with van der Waals surface area (Å²) >= 11 is 0.989. The zero-order valence-corrected chi connectivity index (χ0v) is 22.2. The van der Waals surface area contributed by atoms with Crippen molar-refractivity contribution in [3.05, 3.63) is 88.7 Å². The number of carbonyl (C=O) groups excluding carboxylic acids is 2. The van der Waals surface area contributed by atoms with Crippen molar-refractivity contribution in [2.45, 2.75) is 13.3 Å². The molecule has 1 aliphatic rings. The third-order valence-electron chi connectivity index (χ3n) is 5.75. The molecule has 1 N–H and O–H groups in total. The first kappa shape index (κ1) is 28.3. The molecule has 1 aromatic heterocycles. The van der Waals surface area contributed by atoms with Crippen molar-refractivity contribution in [2.75, 3.05) is 16.0 Å². The van der Waals surface area contributed by atoms with Crippen molar-refractivity contribution in [2.24, 2.45) is 4.99 Å². The van der Waals surface area contributed by atoms with Crippen molar-refractivity contribution in [3.8, 4) is 22.8 Å². The van der Waals surface area contributed by atoms with Gasteiger partial charge < -0.3 is 10.1 Å². The number of rotatable bonds is 6. The second-order valence-electron chi connectivity index (χ2n) is 8.72. The number of carbonyl (C=O) groups is 2. The van der Waals surface area contributed by atoms with Gasteiger partial charge in [0.25, 0.3) is 5.69 Å². The molecule has 1 aliphatic heterocycles. The maximum absolute atomic E-state index is 12.7. The van der Waals surface area contributed by atoms with Gasteiger partial charge >= 0.3 is 12.4 Å². The molecule has 3 aromatic carbocycles. The molecule has 0 saturated carbocycles. The van der Waals surface area contributed by atoms with Gasteiger partial charge in [0, 0.05) is 17.3 Å². The quantitative estimate of drug-likeness (QED) is 0.220. The van der Waals surface area contributed by atoms with Crippen LogP contribution in [0.3, 0.4) is 0 Å². The fraction of sp³-hybridized carbons (Fsp3) is 0.115. The number of ether oxygens (including phenoxy) is 1. The van der Waals surface area contributed by atoms with Crippen LogP contribution < -0.4 is 15.0 Å². The van der Waals surface area contributed by atoms with Gasteiger partial charge in [-0.15, -0.1) is 18.3 Å². The first-order valence-corrected chi connectivity index (χ1v) is 12.9. The number of benzene rings is 3. The highest BCUT2D eigenvalue weighted by Crippen LogP contribution is 2.35. The molecule has 12 nitrogen and oxygen atoms in total. The monoisotopic (exact) mass is 597 g/mol. The zero-order valence-electron chi connectivity index (χ0n) is 21.4. The number of aromatic nitrogens is 3. The number of aliphatic imine (C=N–C) groups is 1. The summed E-state index contributed by atoms with van der Waals surface area (Å²) in [6.45, 7) is 1.72. The maximum atomic E-state index is 12.7. The number of nitrogens with zero attached hydrogens (tertiary/aromatic N) is 6. The Morgan fingerprint density at radius 2 is 1.83 bits per heavy atom. The second-order valence-corrected chi connectivity index (χ2v) is 9.67. The third-order valence-corrected chi connectivity index (χ3v) is 6.68. The van der Waals surface area contributed by atoms with Crippen molar-refractivity contribution >= 4 is 45.9 Å². The molecule has 0 spiro atoms. The Balaban J connectivity index is 1.28. The van der Waals surface area contributed by atoms with Gasteiger partial charge in [-0.3, -0.25) is 19.8 Å². The number of urea groups is 1. The van der Waals surface area contributed by atoms with Crippen LogP contribution in [0.4, 0.5) is 35.0 Å². The number of nitro groups is 1. The first-order chi connectivity index (χ1) is 20.0. The van der Waals surface area contributed by atoms with Crippen LogP contribution in [0.15, 0.2) is 78.0 Å². The largest absolute Gasteiger partial charge is 0.573 e. The van der Waals surface area contributed by atoms with Crippen LogP contribution in [0.2, 0.25) is 0 Å². The molecule has 1 saturated heterocycles. The molecule has 4 aromatic rings. The van der Waals surface area contributed by atoms with E-state index >= 15 is 0 Å². The van der Waals surface area contributed by atoms with E-state index in [4.69, 9.17) is 0 Å². The van der Waals surface area contributed by atoms with Gasteiger partial charge in [-0.05, 0) is 67.1 Å². The summed E-state index contributed by atoms with van der Waals surface area (Å²) in [4.78, 5) is 45.4. The maximum Gasteiger partial charge on any atom is 0.573 e. The van der Waals surface area contributed by atoms with Crippen molar-refractivity contribution in [3.63, 3.8) is 0 Å². The number of amidine groups is 1. The standard InChI is InChI=1S/C26H18F3N7O5S/c1-15-2-11-20(36(39)40)21(12-15)35-22(37)13-42-25(35)32-24(38)31-17-5-3-16(4-6-17)23-30-14-34(33-23)18-7-9-19(10-8-18)41-26(27,28)29/h2-12,14H,13H2,1H3,(H,31,38). The van der Waals surface area contributed by atoms with Gasteiger partial charge in [0.2, 0.25) is 5.91 Å². The minimum atomic E-state index is -4.79. The predicted molar refractivity (Wildman–Crippen MR) is 148 cm³/mol. The van der Waals surface area contributed by atoms with E-state index in [1.807, 2.05) is 0 Å². The van der Waals surface area contributed by atoms with Crippen LogP contribution in [0, 0.1) is 17.0 Å². The summed E-state index contributed by atoms with van der Waals surface area (Å²) in [6, 6.07) is 15.1. The van der Waals surface area contributed by atoms with E-state index in [9.17, 15) is 32.9 Å². The van der Waals surface area contributed by atoms with Crippen molar-refractivity contribution < 1.29 is 32.4 Å². The van der Waals surface area contributed by atoms with Gasteiger partial charge in [-0.1, -0.05) is 17.8 Å². The molecule has 5 rings (SSSR count). The van der Waals surface area contributed by atoms with Crippen LogP contribution in [0.25, 0.3) is 17.1 Å². The zero-order chi connectivity index (χ0) is 30.0. The van der Waals surface area contributed by atoms with Crippen molar-refractivity contribution in [1.29, 1.82) is 0 Å². The lowest BCUT2D eigenvalue weighted by Gasteiger charge is -2.16. The van der Waals surface area contributed by atoms with Gasteiger partial charge in [-0.25, -0.2) is 14.5 Å². The summed E-state index contributed by atoms with van der Waals surface area (Å²) in [5.41, 5.74) is 1.85. The van der Waals surface area contributed by atoms with E-state index in [2.05, 4.69) is 25.1 Å². The predicted octanol–water partition coefficient (Wildman–Crippen LogP) is 5.72. The summed E-state index contributed by atoms with van der Waals surface area (Å²) in [7, 11) is 0. The normalized spacial score (nSPS) is 14.3. The SMILES string of the molecule is Cc1ccc([N+](=O)[O-])c(N2C(=O)CSC2=NC(=O)Nc2ccc(-c3ncn(-c4ccc(OC(F)(F)F)cc4)n3)cc2)c1. The molecule has 0 atom stereocenters. The third kappa shape index (κ3) is 6.38. The summed E-state index contributed by atoms with van der Waals surface area (Å²) in [5, 5.41) is 18.4. The van der Waals surface area contributed by atoms with E-state index in [-0.39, 0.29) is 28.0 Å². The number of alkyl halides is 3. The summed E-state index contributed by atoms with van der Waals surface area (Å²) in [6.07, 6.45) is -3.40. The highest BCUT2D eigenvalue weighted by molar-refractivity contribution is 8.15. The molecule has 214 valence electrons. The Bertz CT molecular complexity index is 1710. The highest BCUT2D eigenvalue weighted by atomic mass is 32.2.